The Kier molecular flexibility index (Phi) is 2.61. The quantitative estimate of drug-likeness (QED) is 0.475. The molecule has 0 unspecified atom stereocenters. The van der Waals surface area contributed by atoms with Crippen molar-refractivity contribution in [1.29, 1.82) is 0 Å². The molecule has 0 radical (unpaired) electrons. The normalized spacial score (nSPS) is 24.7. The average Bonchev–Trinajstić information content (AvgIpc) is 1.88. The molecule has 5 heteroatoms. The van der Waals surface area contributed by atoms with E-state index in [1.54, 1.807) is 0 Å². The molecule has 1 fully saturated rings. The first-order valence-corrected chi connectivity index (χ1v) is 5.32. The van der Waals surface area contributed by atoms with Crippen molar-refractivity contribution in [3.63, 3.8) is 0 Å². The van der Waals surface area contributed by atoms with Crippen LogP contribution < -0.4 is 0 Å². The Labute approximate surface area is 60.7 Å². The molecule has 1 aliphatic heterocycles. The van der Waals surface area contributed by atoms with E-state index < -0.39 is 8.09 Å². The van der Waals surface area contributed by atoms with Gasteiger partial charge in [-0.15, -0.1) is 0 Å². The number of hydrogen-bond acceptors (Lipinski definition) is 4. The zero-order valence-electron chi connectivity index (χ0n) is 5.82. The van der Waals surface area contributed by atoms with Crippen molar-refractivity contribution < 1.29 is 14.7 Å². The van der Waals surface area contributed by atoms with Gasteiger partial charge in [0, 0.05) is 0 Å². The van der Waals surface area contributed by atoms with Gasteiger partial charge in [0.2, 0.25) is 0 Å². The molecule has 1 heterocycles. The summed E-state index contributed by atoms with van der Waals surface area (Å²) in [5, 5.41) is 0. The maximum absolute atomic E-state index is 8.82. The van der Waals surface area contributed by atoms with E-state index in [0.717, 1.165) is 19.3 Å². The Balaban J connectivity index is 2.39. The third-order valence-electron chi connectivity index (χ3n) is 1.78. The van der Waals surface area contributed by atoms with Crippen LogP contribution in [0.4, 0.5) is 0 Å². The molecular formula is C5H14NO3P. The molecular weight excluding hydrogens is 153 g/mol. The van der Waals surface area contributed by atoms with Crippen LogP contribution in [0.15, 0.2) is 0 Å². The van der Waals surface area contributed by atoms with Crippen LogP contribution in [0.25, 0.3) is 0 Å². The molecule has 0 aromatic heterocycles. The summed E-state index contributed by atoms with van der Waals surface area (Å²) >= 11 is 0. The van der Waals surface area contributed by atoms with Crippen molar-refractivity contribution in [3.8, 4) is 0 Å². The van der Waals surface area contributed by atoms with Crippen LogP contribution in [0, 0.1) is 0 Å². The van der Waals surface area contributed by atoms with Crippen LogP contribution in [0.2, 0.25) is 0 Å². The molecule has 1 aliphatic rings. The van der Waals surface area contributed by atoms with Crippen LogP contribution in [0.1, 0.15) is 19.3 Å². The predicted octanol–water partition coefficient (Wildman–Crippen LogP) is -0.141. The maximum atomic E-state index is 8.82. The van der Waals surface area contributed by atoms with Gasteiger partial charge in [-0.2, -0.15) is 0 Å². The fourth-order valence-corrected chi connectivity index (χ4v) is 2.11. The van der Waals surface area contributed by atoms with Crippen molar-refractivity contribution in [2.75, 3.05) is 13.1 Å². The molecule has 1 rings (SSSR count). The number of piperidine rings is 1. The van der Waals surface area contributed by atoms with Gasteiger partial charge in [-0.1, -0.05) is 0 Å². The van der Waals surface area contributed by atoms with Crippen molar-refractivity contribution in [2.24, 2.45) is 0 Å². The average molecular weight is 167 g/mol. The fraction of sp³-hybridized carbons (Fsp3) is 1.00. The summed E-state index contributed by atoms with van der Waals surface area (Å²) in [7, 11) is -3.92. The zero-order valence-corrected chi connectivity index (χ0v) is 6.82. The van der Waals surface area contributed by atoms with Crippen LogP contribution in [0.5, 0.6) is 0 Å². The number of hydrogen-bond donors (Lipinski definition) is 3. The van der Waals surface area contributed by atoms with Gasteiger partial charge in [0.25, 0.3) is 0 Å². The molecule has 0 aliphatic carbocycles. The van der Waals surface area contributed by atoms with E-state index in [-0.39, 0.29) is 0 Å². The molecule has 3 N–H and O–H groups in total. The molecule has 0 amide bonds. The topological polar surface area (TPSA) is 63.9 Å². The molecule has 0 spiro atoms. The van der Waals surface area contributed by atoms with E-state index in [0.29, 0.717) is 13.1 Å². The summed E-state index contributed by atoms with van der Waals surface area (Å²) in [6.45, 7) is 1.24. The van der Waals surface area contributed by atoms with Crippen LogP contribution in [-0.4, -0.2) is 32.4 Å². The summed E-state index contributed by atoms with van der Waals surface area (Å²) in [6.07, 6.45) is 3.04. The van der Waals surface area contributed by atoms with E-state index >= 15 is 0 Å². The first-order valence-electron chi connectivity index (χ1n) is 3.53. The summed E-state index contributed by atoms with van der Waals surface area (Å²) in [6, 6.07) is 0. The fourth-order valence-electron chi connectivity index (χ4n) is 1.19. The van der Waals surface area contributed by atoms with Gasteiger partial charge in [0.15, 0.2) is 0 Å². The van der Waals surface area contributed by atoms with Crippen molar-refractivity contribution in [3.05, 3.63) is 0 Å². The monoisotopic (exact) mass is 167 g/mol. The van der Waals surface area contributed by atoms with Gasteiger partial charge in [-0.3, -0.25) is 0 Å². The summed E-state index contributed by atoms with van der Waals surface area (Å²) in [5.41, 5.74) is 0. The van der Waals surface area contributed by atoms with E-state index in [4.69, 9.17) is 14.7 Å². The standard InChI is InChI=1S/C5H14NO3P/c7-10(8,9)6-4-2-1-3-5-6/h7-10H,1-5H2. The van der Waals surface area contributed by atoms with E-state index in [1.165, 1.54) is 4.67 Å². The van der Waals surface area contributed by atoms with Gasteiger partial charge in [-0.25, -0.2) is 0 Å². The van der Waals surface area contributed by atoms with Crippen LogP contribution in [-0.2, 0) is 0 Å². The van der Waals surface area contributed by atoms with E-state index in [2.05, 4.69) is 0 Å². The molecule has 0 aromatic rings. The molecule has 4 nitrogen and oxygen atoms in total. The third kappa shape index (κ3) is 2.15. The Morgan fingerprint density at radius 3 is 1.70 bits per heavy atom. The summed E-state index contributed by atoms with van der Waals surface area (Å²) < 4.78 is 1.39. The Morgan fingerprint density at radius 1 is 0.900 bits per heavy atom. The van der Waals surface area contributed by atoms with Crippen LogP contribution >= 0.6 is 8.09 Å². The molecule has 0 atom stereocenters. The van der Waals surface area contributed by atoms with Crippen molar-refractivity contribution >= 4 is 8.09 Å². The van der Waals surface area contributed by atoms with Gasteiger partial charge in [0.05, 0.1) is 0 Å². The Hall–Kier alpha value is 0.270. The second-order valence-corrected chi connectivity index (χ2v) is 4.48. The number of nitrogens with zero attached hydrogens (tertiary/aromatic N) is 1. The second-order valence-electron chi connectivity index (χ2n) is 2.65. The molecule has 0 aromatic carbocycles. The van der Waals surface area contributed by atoms with Gasteiger partial charge >= 0.3 is 59.8 Å². The number of rotatable bonds is 1. The first kappa shape index (κ1) is 8.37. The van der Waals surface area contributed by atoms with E-state index in [9.17, 15) is 0 Å². The SMILES string of the molecule is O[PH](O)(O)N1CCCCC1. The van der Waals surface area contributed by atoms with Gasteiger partial charge < -0.3 is 0 Å². The molecule has 0 bridgehead atoms. The Morgan fingerprint density at radius 2 is 1.40 bits per heavy atom. The van der Waals surface area contributed by atoms with Gasteiger partial charge in [-0.05, 0) is 0 Å². The molecule has 10 heavy (non-hydrogen) atoms. The van der Waals surface area contributed by atoms with E-state index in [1.807, 2.05) is 0 Å². The van der Waals surface area contributed by atoms with Gasteiger partial charge in [0.1, 0.15) is 0 Å². The molecule has 1 saturated heterocycles. The van der Waals surface area contributed by atoms with Crippen molar-refractivity contribution in [1.82, 2.24) is 4.67 Å². The predicted molar refractivity (Wildman–Crippen MR) is 40.4 cm³/mol. The second kappa shape index (κ2) is 3.11. The first-order chi connectivity index (χ1) is 4.61. The van der Waals surface area contributed by atoms with Crippen molar-refractivity contribution in [2.45, 2.75) is 19.3 Å². The summed E-state index contributed by atoms with van der Waals surface area (Å²) in [4.78, 5) is 26.5. The zero-order chi connectivity index (χ0) is 7.61. The Bertz CT molecular complexity index is 108. The van der Waals surface area contributed by atoms with Crippen LogP contribution in [0.3, 0.4) is 0 Å². The minimum atomic E-state index is -3.92. The molecule has 0 saturated carbocycles. The molecule has 62 valence electrons. The minimum absolute atomic E-state index is 0.621. The summed E-state index contributed by atoms with van der Waals surface area (Å²) in [5.74, 6) is 0. The third-order valence-corrected chi connectivity index (χ3v) is 3.08.